The second kappa shape index (κ2) is 8.93. The minimum absolute atomic E-state index is 0.339. The van der Waals surface area contributed by atoms with Crippen LogP contribution >= 0.6 is 0 Å². The number of esters is 1. The van der Waals surface area contributed by atoms with Gasteiger partial charge in [-0.05, 0) is 101 Å². The van der Waals surface area contributed by atoms with E-state index in [-0.39, 0.29) is 5.97 Å². The van der Waals surface area contributed by atoms with Gasteiger partial charge in [0.2, 0.25) is 0 Å². The molecule has 0 heterocycles. The number of methoxy groups -OCH3 is 1. The molecule has 1 atom stereocenters. The molecule has 2 aromatic rings. The van der Waals surface area contributed by atoms with Crippen LogP contribution in [0.3, 0.4) is 0 Å². The first kappa shape index (κ1) is 22.6. The van der Waals surface area contributed by atoms with Gasteiger partial charge >= 0.3 is 5.97 Å². The Morgan fingerprint density at radius 2 is 1.47 bits per heavy atom. The third kappa shape index (κ3) is 4.62. The third-order valence-corrected chi connectivity index (χ3v) is 6.16. The van der Waals surface area contributed by atoms with Crippen molar-refractivity contribution in [2.45, 2.75) is 85.4 Å². The highest BCUT2D eigenvalue weighted by atomic mass is 16.6. The molecule has 0 amide bonds. The summed E-state index contributed by atoms with van der Waals surface area (Å²) in [6.07, 6.45) is 5.08. The van der Waals surface area contributed by atoms with Crippen molar-refractivity contribution in [1.82, 2.24) is 0 Å². The number of fused-ring (bicyclic) bond motifs is 1. The standard InChI is InChI=1S/C27H36O3/c1-17-13-15-20(16-14-17)23-18(2)21-11-9-8-10-12-22(21)19(3)24(23)25(26(28)29-7)30-27(4,5)6/h13-16,25H,8-12H2,1-7H3. The van der Waals surface area contributed by atoms with Crippen LogP contribution < -0.4 is 0 Å². The van der Waals surface area contributed by atoms with Crippen LogP contribution in [0.4, 0.5) is 0 Å². The first-order valence-electron chi connectivity index (χ1n) is 11.1. The van der Waals surface area contributed by atoms with E-state index in [1.54, 1.807) is 0 Å². The topological polar surface area (TPSA) is 35.5 Å². The maximum absolute atomic E-state index is 13.0. The predicted molar refractivity (Wildman–Crippen MR) is 123 cm³/mol. The van der Waals surface area contributed by atoms with E-state index in [1.807, 2.05) is 20.8 Å². The molecule has 2 aromatic carbocycles. The molecule has 0 radical (unpaired) electrons. The van der Waals surface area contributed by atoms with Crippen LogP contribution in [-0.2, 0) is 27.1 Å². The van der Waals surface area contributed by atoms with Gasteiger partial charge in [-0.15, -0.1) is 0 Å². The van der Waals surface area contributed by atoms with Crippen molar-refractivity contribution in [3.8, 4) is 11.1 Å². The summed E-state index contributed by atoms with van der Waals surface area (Å²) in [5.74, 6) is -0.339. The molecule has 3 nitrogen and oxygen atoms in total. The van der Waals surface area contributed by atoms with Gasteiger partial charge in [-0.2, -0.15) is 0 Å². The van der Waals surface area contributed by atoms with Gasteiger partial charge < -0.3 is 9.47 Å². The monoisotopic (exact) mass is 408 g/mol. The second-order valence-electron chi connectivity index (χ2n) is 9.56. The lowest BCUT2D eigenvalue weighted by atomic mass is 9.81. The molecule has 0 saturated heterocycles. The molecule has 0 aliphatic heterocycles. The second-order valence-corrected chi connectivity index (χ2v) is 9.56. The minimum atomic E-state index is -0.751. The molecule has 1 unspecified atom stereocenters. The molecule has 162 valence electrons. The van der Waals surface area contributed by atoms with Crippen LogP contribution in [0.2, 0.25) is 0 Å². The Balaban J connectivity index is 2.35. The predicted octanol–water partition coefficient (Wildman–Crippen LogP) is 6.58. The maximum atomic E-state index is 13.0. The quantitative estimate of drug-likeness (QED) is 0.423. The number of hydrogen-bond donors (Lipinski definition) is 0. The van der Waals surface area contributed by atoms with Gasteiger partial charge in [0.15, 0.2) is 6.10 Å². The Hall–Kier alpha value is -2.13. The molecule has 3 heteroatoms. The van der Waals surface area contributed by atoms with Crippen LogP contribution in [0.15, 0.2) is 24.3 Å². The van der Waals surface area contributed by atoms with E-state index in [9.17, 15) is 4.79 Å². The number of carbonyl (C=O) groups is 1. The number of ether oxygens (including phenoxy) is 2. The number of rotatable bonds is 4. The molecule has 1 aliphatic carbocycles. The van der Waals surface area contributed by atoms with Gasteiger partial charge in [-0.1, -0.05) is 36.2 Å². The van der Waals surface area contributed by atoms with Crippen molar-refractivity contribution in [1.29, 1.82) is 0 Å². The molecule has 1 aliphatic rings. The molecule has 0 spiro atoms. The van der Waals surface area contributed by atoms with E-state index < -0.39 is 11.7 Å². The fraction of sp³-hybridized carbons (Fsp3) is 0.519. The van der Waals surface area contributed by atoms with Crippen molar-refractivity contribution >= 4 is 5.97 Å². The fourth-order valence-electron chi connectivity index (χ4n) is 4.72. The van der Waals surface area contributed by atoms with Crippen molar-refractivity contribution in [2.75, 3.05) is 7.11 Å². The maximum Gasteiger partial charge on any atom is 0.339 e. The summed E-state index contributed by atoms with van der Waals surface area (Å²) in [5.41, 5.74) is 9.32. The molecule has 3 rings (SSSR count). The average Bonchev–Trinajstić information content (AvgIpc) is 2.95. The summed E-state index contributed by atoms with van der Waals surface area (Å²) >= 11 is 0. The highest BCUT2D eigenvalue weighted by Crippen LogP contribution is 2.43. The number of benzene rings is 2. The Bertz CT molecular complexity index is 917. The fourth-order valence-corrected chi connectivity index (χ4v) is 4.72. The molecule has 0 bridgehead atoms. The van der Waals surface area contributed by atoms with Gasteiger partial charge in [-0.3, -0.25) is 0 Å². The van der Waals surface area contributed by atoms with Crippen LogP contribution in [0.25, 0.3) is 11.1 Å². The molecule has 30 heavy (non-hydrogen) atoms. The molecule has 0 saturated carbocycles. The molecular weight excluding hydrogens is 372 g/mol. The van der Waals surface area contributed by atoms with E-state index in [0.717, 1.165) is 29.5 Å². The van der Waals surface area contributed by atoms with E-state index in [1.165, 1.54) is 54.2 Å². The SMILES string of the molecule is COC(=O)C(OC(C)(C)C)c1c(C)c2c(c(C)c1-c1ccc(C)cc1)CCCCC2. The van der Waals surface area contributed by atoms with Crippen LogP contribution in [0.1, 0.15) is 79.5 Å². The van der Waals surface area contributed by atoms with E-state index in [2.05, 4.69) is 45.0 Å². The third-order valence-electron chi connectivity index (χ3n) is 6.16. The van der Waals surface area contributed by atoms with E-state index in [0.29, 0.717) is 0 Å². The van der Waals surface area contributed by atoms with Gasteiger partial charge in [0.1, 0.15) is 0 Å². The normalized spacial score (nSPS) is 15.3. The van der Waals surface area contributed by atoms with Crippen molar-refractivity contribution in [2.24, 2.45) is 0 Å². The van der Waals surface area contributed by atoms with Crippen LogP contribution in [-0.4, -0.2) is 18.7 Å². The van der Waals surface area contributed by atoms with Crippen molar-refractivity contribution in [3.63, 3.8) is 0 Å². The average molecular weight is 409 g/mol. The Kier molecular flexibility index (Phi) is 6.71. The Labute approximate surface area is 181 Å². The molecule has 0 N–H and O–H groups in total. The van der Waals surface area contributed by atoms with Gasteiger partial charge in [0.05, 0.1) is 12.7 Å². The Morgan fingerprint density at radius 1 is 0.900 bits per heavy atom. The van der Waals surface area contributed by atoms with Gasteiger partial charge in [0, 0.05) is 5.56 Å². The molecule has 0 aromatic heterocycles. The largest absolute Gasteiger partial charge is 0.467 e. The molecule has 0 fully saturated rings. The van der Waals surface area contributed by atoms with Crippen LogP contribution in [0, 0.1) is 20.8 Å². The minimum Gasteiger partial charge on any atom is -0.467 e. The summed E-state index contributed by atoms with van der Waals surface area (Å²) < 4.78 is 11.6. The van der Waals surface area contributed by atoms with E-state index in [4.69, 9.17) is 9.47 Å². The first-order chi connectivity index (χ1) is 14.1. The Morgan fingerprint density at radius 3 is 2.00 bits per heavy atom. The van der Waals surface area contributed by atoms with Crippen molar-refractivity contribution < 1.29 is 14.3 Å². The summed E-state index contributed by atoms with van der Waals surface area (Å²) in [6.45, 7) is 12.4. The van der Waals surface area contributed by atoms with Crippen molar-refractivity contribution in [3.05, 3.63) is 57.6 Å². The summed E-state index contributed by atoms with van der Waals surface area (Å²) in [7, 11) is 1.44. The zero-order valence-corrected chi connectivity index (χ0v) is 19.6. The zero-order chi connectivity index (χ0) is 22.1. The van der Waals surface area contributed by atoms with Gasteiger partial charge in [0.25, 0.3) is 0 Å². The number of carbonyl (C=O) groups excluding carboxylic acids is 1. The number of hydrogen-bond acceptors (Lipinski definition) is 3. The number of aryl methyl sites for hydroxylation is 1. The summed E-state index contributed by atoms with van der Waals surface area (Å²) in [6, 6.07) is 8.60. The lowest BCUT2D eigenvalue weighted by molar-refractivity contribution is -0.164. The lowest BCUT2D eigenvalue weighted by Gasteiger charge is -2.31. The van der Waals surface area contributed by atoms with Crippen LogP contribution in [0.5, 0.6) is 0 Å². The first-order valence-corrected chi connectivity index (χ1v) is 11.1. The van der Waals surface area contributed by atoms with E-state index >= 15 is 0 Å². The lowest BCUT2D eigenvalue weighted by Crippen LogP contribution is -2.29. The summed E-state index contributed by atoms with van der Waals surface area (Å²) in [4.78, 5) is 13.0. The highest BCUT2D eigenvalue weighted by Gasteiger charge is 2.34. The summed E-state index contributed by atoms with van der Waals surface area (Å²) in [5, 5.41) is 0. The highest BCUT2D eigenvalue weighted by molar-refractivity contribution is 5.84. The molecular formula is C27H36O3. The smallest absolute Gasteiger partial charge is 0.339 e. The van der Waals surface area contributed by atoms with Gasteiger partial charge in [-0.25, -0.2) is 4.79 Å². The zero-order valence-electron chi connectivity index (χ0n) is 19.6.